The molecule has 1 aromatic heterocycles. The van der Waals surface area contributed by atoms with Gasteiger partial charge in [0, 0.05) is 11.7 Å². The van der Waals surface area contributed by atoms with Crippen LogP contribution in [0.25, 0.3) is 0 Å². The summed E-state index contributed by atoms with van der Waals surface area (Å²) in [6.45, 7) is 7.76. The quantitative estimate of drug-likeness (QED) is 0.848. The average Bonchev–Trinajstić information content (AvgIpc) is 2.75. The maximum atomic E-state index is 11.6. The van der Waals surface area contributed by atoms with E-state index in [0.717, 1.165) is 0 Å². The number of nitriles is 1. The number of rotatable bonds is 4. The second kappa shape index (κ2) is 6.29. The van der Waals surface area contributed by atoms with Gasteiger partial charge in [-0.25, -0.2) is 8.42 Å². The Labute approximate surface area is 142 Å². The van der Waals surface area contributed by atoms with Crippen molar-refractivity contribution in [1.82, 2.24) is 9.78 Å². The van der Waals surface area contributed by atoms with E-state index in [-0.39, 0.29) is 11.3 Å². The lowest BCUT2D eigenvalue weighted by molar-refractivity contribution is 0.450. The van der Waals surface area contributed by atoms with E-state index >= 15 is 0 Å². The van der Waals surface area contributed by atoms with Gasteiger partial charge in [0.1, 0.15) is 17.3 Å². The van der Waals surface area contributed by atoms with Crippen LogP contribution in [0.2, 0.25) is 0 Å². The standard InChI is InChI=1S/C17H21N3O3S/c1-12-15(23-14-8-6-13(10-18)7-9-14)16(17(2,3)4)19-20(12)11-24(5,21)22/h6-9H,11H2,1-5H3. The lowest BCUT2D eigenvalue weighted by Crippen LogP contribution is -2.15. The summed E-state index contributed by atoms with van der Waals surface area (Å²) >= 11 is 0. The van der Waals surface area contributed by atoms with Crippen molar-refractivity contribution in [2.45, 2.75) is 39.0 Å². The smallest absolute Gasteiger partial charge is 0.171 e. The van der Waals surface area contributed by atoms with E-state index in [4.69, 9.17) is 10.00 Å². The summed E-state index contributed by atoms with van der Waals surface area (Å²) in [6.07, 6.45) is 1.17. The van der Waals surface area contributed by atoms with Crippen LogP contribution < -0.4 is 4.74 Å². The van der Waals surface area contributed by atoms with Gasteiger partial charge < -0.3 is 4.74 Å². The Morgan fingerprint density at radius 3 is 2.29 bits per heavy atom. The number of aromatic nitrogens is 2. The molecule has 0 atom stereocenters. The van der Waals surface area contributed by atoms with E-state index in [1.807, 2.05) is 20.8 Å². The van der Waals surface area contributed by atoms with Crippen molar-refractivity contribution < 1.29 is 13.2 Å². The van der Waals surface area contributed by atoms with Crippen LogP contribution in [0, 0.1) is 18.3 Å². The third-order valence-corrected chi connectivity index (χ3v) is 4.14. The van der Waals surface area contributed by atoms with E-state index in [1.54, 1.807) is 31.2 Å². The summed E-state index contributed by atoms with van der Waals surface area (Å²) in [5.74, 6) is 0.927. The highest BCUT2D eigenvalue weighted by molar-refractivity contribution is 7.89. The number of sulfone groups is 1. The zero-order chi connectivity index (χ0) is 18.1. The van der Waals surface area contributed by atoms with Gasteiger partial charge >= 0.3 is 0 Å². The van der Waals surface area contributed by atoms with Crippen LogP contribution in [-0.4, -0.2) is 24.5 Å². The minimum atomic E-state index is -3.22. The molecular formula is C17H21N3O3S. The summed E-state index contributed by atoms with van der Waals surface area (Å²) in [5.41, 5.74) is 1.57. The molecule has 1 aromatic carbocycles. The minimum Gasteiger partial charge on any atom is -0.453 e. The number of hydrogen-bond acceptors (Lipinski definition) is 5. The van der Waals surface area contributed by atoms with Crippen LogP contribution in [0.15, 0.2) is 24.3 Å². The second-order valence-electron chi connectivity index (χ2n) is 6.81. The zero-order valence-corrected chi connectivity index (χ0v) is 15.3. The van der Waals surface area contributed by atoms with Crippen LogP contribution in [0.5, 0.6) is 11.5 Å². The average molecular weight is 347 g/mol. The topological polar surface area (TPSA) is 85.0 Å². The molecule has 7 heteroatoms. The molecule has 0 amide bonds. The normalized spacial score (nSPS) is 12.0. The number of ether oxygens (including phenoxy) is 1. The van der Waals surface area contributed by atoms with Gasteiger partial charge in [0.2, 0.25) is 0 Å². The van der Waals surface area contributed by atoms with Gasteiger partial charge in [-0.15, -0.1) is 0 Å². The third-order valence-electron chi connectivity index (χ3n) is 3.42. The fraction of sp³-hybridized carbons (Fsp3) is 0.412. The SMILES string of the molecule is Cc1c(Oc2ccc(C#N)cc2)c(C(C)(C)C)nn1CS(C)(=O)=O. The van der Waals surface area contributed by atoms with E-state index in [0.29, 0.717) is 28.5 Å². The van der Waals surface area contributed by atoms with Crippen LogP contribution >= 0.6 is 0 Å². The van der Waals surface area contributed by atoms with Gasteiger partial charge in [-0.2, -0.15) is 10.4 Å². The molecule has 0 saturated carbocycles. The fourth-order valence-corrected chi connectivity index (χ4v) is 2.90. The first-order chi connectivity index (χ1) is 11.0. The molecule has 24 heavy (non-hydrogen) atoms. The summed E-state index contributed by atoms with van der Waals surface area (Å²) in [6, 6.07) is 8.81. The van der Waals surface area contributed by atoms with Gasteiger partial charge in [0.05, 0.1) is 17.3 Å². The van der Waals surface area contributed by atoms with E-state index < -0.39 is 9.84 Å². The third kappa shape index (κ3) is 4.15. The molecule has 128 valence electrons. The van der Waals surface area contributed by atoms with Crippen molar-refractivity contribution in [3.05, 3.63) is 41.2 Å². The number of benzene rings is 1. The molecule has 0 aliphatic rings. The van der Waals surface area contributed by atoms with Crippen molar-refractivity contribution >= 4 is 9.84 Å². The number of hydrogen-bond donors (Lipinski definition) is 0. The monoisotopic (exact) mass is 347 g/mol. The summed E-state index contributed by atoms with van der Waals surface area (Å²) in [7, 11) is -3.22. The molecular weight excluding hydrogens is 326 g/mol. The molecule has 2 rings (SSSR count). The fourth-order valence-electron chi connectivity index (χ4n) is 2.21. The lowest BCUT2D eigenvalue weighted by Gasteiger charge is -2.17. The predicted octanol–water partition coefficient (Wildman–Crippen LogP) is 3.16. The predicted molar refractivity (Wildman–Crippen MR) is 91.7 cm³/mol. The van der Waals surface area contributed by atoms with Gasteiger partial charge in [-0.05, 0) is 31.2 Å². The Morgan fingerprint density at radius 2 is 1.83 bits per heavy atom. The molecule has 0 fully saturated rings. The first-order valence-electron chi connectivity index (χ1n) is 7.45. The molecule has 2 aromatic rings. The van der Waals surface area contributed by atoms with Gasteiger partial charge in [-0.3, -0.25) is 4.68 Å². The molecule has 1 heterocycles. The lowest BCUT2D eigenvalue weighted by atomic mass is 9.91. The Bertz CT molecular complexity index is 883. The van der Waals surface area contributed by atoms with E-state index in [2.05, 4.69) is 11.2 Å². The van der Waals surface area contributed by atoms with Crippen molar-refractivity contribution in [3.63, 3.8) is 0 Å². The first-order valence-corrected chi connectivity index (χ1v) is 9.51. The van der Waals surface area contributed by atoms with Crippen molar-refractivity contribution in [2.24, 2.45) is 0 Å². The van der Waals surface area contributed by atoms with Crippen molar-refractivity contribution in [1.29, 1.82) is 5.26 Å². The Balaban J connectivity index is 2.48. The summed E-state index contributed by atoms with van der Waals surface area (Å²) < 4.78 is 30.7. The molecule has 0 aliphatic heterocycles. The minimum absolute atomic E-state index is 0.196. The highest BCUT2D eigenvalue weighted by Gasteiger charge is 2.27. The first kappa shape index (κ1) is 18.0. The van der Waals surface area contributed by atoms with Crippen LogP contribution in [-0.2, 0) is 21.1 Å². The van der Waals surface area contributed by atoms with Crippen LogP contribution in [0.1, 0.15) is 37.7 Å². The molecule has 6 nitrogen and oxygen atoms in total. The van der Waals surface area contributed by atoms with E-state index in [1.165, 1.54) is 10.9 Å². The number of nitrogens with zero attached hydrogens (tertiary/aromatic N) is 3. The highest BCUT2D eigenvalue weighted by atomic mass is 32.2. The summed E-state index contributed by atoms with van der Waals surface area (Å²) in [5, 5.41) is 13.3. The molecule has 0 unspecified atom stereocenters. The maximum absolute atomic E-state index is 11.6. The second-order valence-corrected chi connectivity index (χ2v) is 8.92. The molecule has 0 saturated heterocycles. The van der Waals surface area contributed by atoms with Crippen LogP contribution in [0.4, 0.5) is 0 Å². The highest BCUT2D eigenvalue weighted by Crippen LogP contribution is 2.36. The Kier molecular flexibility index (Phi) is 4.72. The van der Waals surface area contributed by atoms with Gasteiger partial charge in [-0.1, -0.05) is 20.8 Å². The molecule has 0 N–H and O–H groups in total. The molecule has 0 bridgehead atoms. The molecule has 0 aliphatic carbocycles. The zero-order valence-electron chi connectivity index (χ0n) is 14.5. The Morgan fingerprint density at radius 1 is 1.25 bits per heavy atom. The van der Waals surface area contributed by atoms with E-state index in [9.17, 15) is 8.42 Å². The summed E-state index contributed by atoms with van der Waals surface area (Å²) in [4.78, 5) is 0. The van der Waals surface area contributed by atoms with Crippen LogP contribution in [0.3, 0.4) is 0 Å². The van der Waals surface area contributed by atoms with Crippen molar-refractivity contribution in [3.8, 4) is 17.6 Å². The van der Waals surface area contributed by atoms with Gasteiger partial charge in [0.15, 0.2) is 15.6 Å². The van der Waals surface area contributed by atoms with Crippen molar-refractivity contribution in [2.75, 3.05) is 6.26 Å². The maximum Gasteiger partial charge on any atom is 0.171 e. The largest absolute Gasteiger partial charge is 0.453 e. The molecule has 0 radical (unpaired) electrons. The Hall–Kier alpha value is -2.33. The molecule has 0 spiro atoms. The van der Waals surface area contributed by atoms with Gasteiger partial charge in [0.25, 0.3) is 0 Å².